The van der Waals surface area contributed by atoms with Crippen molar-refractivity contribution in [1.82, 2.24) is 15.0 Å². The molecule has 0 atom stereocenters. The van der Waals surface area contributed by atoms with Crippen molar-refractivity contribution in [1.29, 1.82) is 0 Å². The molecule has 0 aliphatic carbocycles. The lowest BCUT2D eigenvalue weighted by Crippen LogP contribution is -2.15. The SMILES string of the molecule is COc1cc(CNc2ncnc(N(C)c3cccc(Cl)c3)n2)cc(O)c1O. The molecule has 140 valence electrons. The van der Waals surface area contributed by atoms with Crippen molar-refractivity contribution in [2.24, 2.45) is 0 Å². The summed E-state index contributed by atoms with van der Waals surface area (Å²) < 4.78 is 5.03. The summed E-state index contributed by atoms with van der Waals surface area (Å²) >= 11 is 6.03. The minimum atomic E-state index is -0.299. The van der Waals surface area contributed by atoms with Gasteiger partial charge in [0.2, 0.25) is 17.6 Å². The summed E-state index contributed by atoms with van der Waals surface area (Å²) in [6.45, 7) is 0.314. The van der Waals surface area contributed by atoms with Crippen molar-refractivity contribution >= 4 is 29.2 Å². The number of halogens is 1. The monoisotopic (exact) mass is 387 g/mol. The lowest BCUT2D eigenvalue weighted by Gasteiger charge is -2.17. The average Bonchev–Trinajstić information content (AvgIpc) is 2.68. The van der Waals surface area contributed by atoms with Crippen LogP contribution < -0.4 is 15.0 Å². The Labute approximate surface area is 161 Å². The first-order chi connectivity index (χ1) is 13.0. The third-order valence-electron chi connectivity index (χ3n) is 3.84. The predicted octanol–water partition coefficient (Wildman–Crippen LogP) is 3.32. The summed E-state index contributed by atoms with van der Waals surface area (Å²) in [5.41, 5.74) is 1.53. The van der Waals surface area contributed by atoms with E-state index in [1.807, 2.05) is 25.2 Å². The van der Waals surface area contributed by atoms with Gasteiger partial charge in [-0.3, -0.25) is 0 Å². The van der Waals surface area contributed by atoms with E-state index in [1.165, 1.54) is 19.5 Å². The van der Waals surface area contributed by atoms with Crippen LogP contribution in [0.25, 0.3) is 0 Å². The summed E-state index contributed by atoms with van der Waals surface area (Å²) in [7, 11) is 3.24. The molecule has 0 spiro atoms. The lowest BCUT2D eigenvalue weighted by atomic mass is 10.2. The first-order valence-corrected chi connectivity index (χ1v) is 8.36. The molecule has 0 saturated heterocycles. The number of nitrogens with one attached hydrogen (secondary N) is 1. The Hall–Kier alpha value is -3.26. The van der Waals surface area contributed by atoms with E-state index in [2.05, 4.69) is 20.3 Å². The van der Waals surface area contributed by atoms with E-state index in [0.717, 1.165) is 5.69 Å². The molecule has 0 bridgehead atoms. The van der Waals surface area contributed by atoms with Crippen LogP contribution in [0.3, 0.4) is 0 Å². The normalized spacial score (nSPS) is 10.5. The second-order valence-corrected chi connectivity index (χ2v) is 6.10. The number of aromatic hydroxyl groups is 2. The summed E-state index contributed by atoms with van der Waals surface area (Å²) in [5.74, 6) is 0.431. The number of methoxy groups -OCH3 is 1. The highest BCUT2D eigenvalue weighted by Crippen LogP contribution is 2.36. The van der Waals surface area contributed by atoms with Crippen molar-refractivity contribution in [2.75, 3.05) is 24.4 Å². The number of rotatable bonds is 6. The Morgan fingerprint density at radius 2 is 2.00 bits per heavy atom. The molecule has 3 rings (SSSR count). The molecule has 1 heterocycles. The third kappa shape index (κ3) is 4.29. The van der Waals surface area contributed by atoms with Gasteiger partial charge in [0.25, 0.3) is 0 Å². The van der Waals surface area contributed by atoms with Crippen LogP contribution in [0.2, 0.25) is 5.02 Å². The molecular formula is C18H18ClN5O3. The molecule has 27 heavy (non-hydrogen) atoms. The Morgan fingerprint density at radius 3 is 2.74 bits per heavy atom. The molecule has 0 unspecified atom stereocenters. The maximum absolute atomic E-state index is 9.76. The zero-order valence-corrected chi connectivity index (χ0v) is 15.5. The second kappa shape index (κ2) is 7.96. The fraction of sp³-hybridized carbons (Fsp3) is 0.167. The van der Waals surface area contributed by atoms with Crippen LogP contribution in [0, 0.1) is 0 Å². The van der Waals surface area contributed by atoms with Gasteiger partial charge < -0.3 is 25.2 Å². The maximum atomic E-state index is 9.76. The standard InChI is InChI=1S/C18H18ClN5O3/c1-24(13-5-3-4-12(19)8-13)18-22-10-21-17(23-18)20-9-11-6-14(25)16(26)15(7-11)27-2/h3-8,10,25-26H,9H2,1-2H3,(H,20,21,22,23). The van der Waals surface area contributed by atoms with Gasteiger partial charge in [0.15, 0.2) is 11.5 Å². The summed E-state index contributed by atoms with van der Waals surface area (Å²) in [6, 6.07) is 10.4. The third-order valence-corrected chi connectivity index (χ3v) is 4.07. The topological polar surface area (TPSA) is 104 Å². The Kier molecular flexibility index (Phi) is 5.46. The average molecular weight is 388 g/mol. The highest BCUT2D eigenvalue weighted by atomic mass is 35.5. The molecule has 0 amide bonds. The molecule has 2 aromatic carbocycles. The van der Waals surface area contributed by atoms with Crippen LogP contribution in [-0.4, -0.2) is 39.3 Å². The van der Waals surface area contributed by atoms with E-state index >= 15 is 0 Å². The zero-order valence-electron chi connectivity index (χ0n) is 14.7. The van der Waals surface area contributed by atoms with E-state index in [4.69, 9.17) is 16.3 Å². The number of ether oxygens (including phenoxy) is 1. The van der Waals surface area contributed by atoms with E-state index in [9.17, 15) is 10.2 Å². The van der Waals surface area contributed by atoms with E-state index < -0.39 is 0 Å². The van der Waals surface area contributed by atoms with Crippen molar-refractivity contribution in [3.05, 3.63) is 53.3 Å². The van der Waals surface area contributed by atoms with Gasteiger partial charge in [0, 0.05) is 24.3 Å². The van der Waals surface area contributed by atoms with Crippen molar-refractivity contribution in [2.45, 2.75) is 6.54 Å². The maximum Gasteiger partial charge on any atom is 0.234 e. The molecule has 0 radical (unpaired) electrons. The largest absolute Gasteiger partial charge is 0.504 e. The highest BCUT2D eigenvalue weighted by Gasteiger charge is 2.11. The molecule has 9 heteroatoms. The van der Waals surface area contributed by atoms with Crippen LogP contribution in [0.5, 0.6) is 17.2 Å². The van der Waals surface area contributed by atoms with E-state index in [-0.39, 0.29) is 17.2 Å². The summed E-state index contributed by atoms with van der Waals surface area (Å²) in [6.07, 6.45) is 1.40. The molecule has 0 aliphatic rings. The van der Waals surface area contributed by atoms with Crippen LogP contribution >= 0.6 is 11.6 Å². The van der Waals surface area contributed by atoms with Crippen LogP contribution in [0.15, 0.2) is 42.7 Å². The molecule has 3 aromatic rings. The number of aromatic nitrogens is 3. The fourth-order valence-corrected chi connectivity index (χ4v) is 2.61. The van der Waals surface area contributed by atoms with Gasteiger partial charge in [0.05, 0.1) is 7.11 Å². The molecule has 3 N–H and O–H groups in total. The van der Waals surface area contributed by atoms with Crippen molar-refractivity contribution < 1.29 is 14.9 Å². The Bertz CT molecular complexity index is 954. The predicted molar refractivity (Wildman–Crippen MR) is 103 cm³/mol. The van der Waals surface area contributed by atoms with Gasteiger partial charge in [-0.25, -0.2) is 9.97 Å². The zero-order chi connectivity index (χ0) is 19.4. The van der Waals surface area contributed by atoms with Crippen LogP contribution in [0.4, 0.5) is 17.6 Å². The minimum absolute atomic E-state index is 0.184. The van der Waals surface area contributed by atoms with Crippen LogP contribution in [-0.2, 0) is 6.54 Å². The van der Waals surface area contributed by atoms with Crippen LogP contribution in [0.1, 0.15) is 5.56 Å². The number of benzene rings is 2. The number of hydrogen-bond acceptors (Lipinski definition) is 8. The number of phenolic OH excluding ortho intramolecular Hbond substituents is 2. The molecular weight excluding hydrogens is 370 g/mol. The van der Waals surface area contributed by atoms with Gasteiger partial charge >= 0.3 is 0 Å². The molecule has 1 aromatic heterocycles. The van der Waals surface area contributed by atoms with E-state index in [0.29, 0.717) is 29.0 Å². The molecule has 8 nitrogen and oxygen atoms in total. The van der Waals surface area contributed by atoms with E-state index in [1.54, 1.807) is 17.0 Å². The van der Waals surface area contributed by atoms with Gasteiger partial charge in [-0.1, -0.05) is 17.7 Å². The van der Waals surface area contributed by atoms with Crippen molar-refractivity contribution in [3.63, 3.8) is 0 Å². The first-order valence-electron chi connectivity index (χ1n) is 7.99. The van der Waals surface area contributed by atoms with Gasteiger partial charge in [-0.15, -0.1) is 0 Å². The summed E-state index contributed by atoms with van der Waals surface area (Å²) in [5, 5.41) is 23.1. The van der Waals surface area contributed by atoms with Gasteiger partial charge in [-0.05, 0) is 35.9 Å². The molecule has 0 aliphatic heterocycles. The first kappa shape index (κ1) is 18.5. The number of hydrogen-bond donors (Lipinski definition) is 3. The number of phenols is 2. The minimum Gasteiger partial charge on any atom is -0.504 e. The molecule has 0 saturated carbocycles. The Balaban J connectivity index is 1.76. The lowest BCUT2D eigenvalue weighted by molar-refractivity contribution is 0.350. The number of nitrogens with zero attached hydrogens (tertiary/aromatic N) is 4. The molecule has 0 fully saturated rings. The quantitative estimate of drug-likeness (QED) is 0.553. The van der Waals surface area contributed by atoms with Gasteiger partial charge in [0.1, 0.15) is 6.33 Å². The fourth-order valence-electron chi connectivity index (χ4n) is 2.42. The Morgan fingerprint density at radius 1 is 1.19 bits per heavy atom. The summed E-state index contributed by atoms with van der Waals surface area (Å²) in [4.78, 5) is 14.5. The second-order valence-electron chi connectivity index (χ2n) is 5.67. The van der Waals surface area contributed by atoms with Gasteiger partial charge in [-0.2, -0.15) is 4.98 Å². The highest BCUT2D eigenvalue weighted by molar-refractivity contribution is 6.30. The smallest absolute Gasteiger partial charge is 0.234 e. The number of anilines is 3. The van der Waals surface area contributed by atoms with Crippen molar-refractivity contribution in [3.8, 4) is 17.2 Å².